The molecule has 3 aromatic heterocycles. The lowest BCUT2D eigenvalue weighted by atomic mass is 10.1. The molecule has 4 rings (SSSR count). The van der Waals surface area contributed by atoms with Crippen LogP contribution in [0.15, 0.2) is 53.3 Å². The van der Waals surface area contributed by atoms with Gasteiger partial charge in [-0.05, 0) is 50.2 Å². The highest BCUT2D eigenvalue weighted by molar-refractivity contribution is 6.34. The molecule has 0 aliphatic carbocycles. The Labute approximate surface area is 164 Å². The molecule has 0 saturated carbocycles. The fourth-order valence-corrected chi connectivity index (χ4v) is 3.13. The molecule has 0 bridgehead atoms. The van der Waals surface area contributed by atoms with Gasteiger partial charge in [-0.3, -0.25) is 4.79 Å². The second-order valence-corrected chi connectivity index (χ2v) is 6.94. The molecule has 8 heteroatoms. The molecule has 1 N–H and O–H groups in total. The van der Waals surface area contributed by atoms with E-state index in [0.29, 0.717) is 33.7 Å². The normalized spacial score (nSPS) is 11.3. The number of rotatable bonds is 4. The molecule has 3 heterocycles. The van der Waals surface area contributed by atoms with Gasteiger partial charge in [0.2, 0.25) is 0 Å². The highest BCUT2D eigenvalue weighted by Crippen LogP contribution is 2.28. The van der Waals surface area contributed by atoms with Crippen LogP contribution in [-0.2, 0) is 0 Å². The molecule has 0 radical (unpaired) electrons. The average Bonchev–Trinajstić information content (AvgIpc) is 3.32. The lowest BCUT2D eigenvalue weighted by Gasteiger charge is -2.11. The third kappa shape index (κ3) is 3.25. The first kappa shape index (κ1) is 18.2. The maximum atomic E-state index is 13.3. The molecule has 28 heavy (non-hydrogen) atoms. The molecule has 0 spiro atoms. The van der Waals surface area contributed by atoms with Crippen LogP contribution in [-0.4, -0.2) is 20.7 Å². The number of nitrogens with zero attached hydrogens (tertiary/aromatic N) is 3. The van der Waals surface area contributed by atoms with E-state index in [4.69, 9.17) is 16.0 Å². The van der Waals surface area contributed by atoms with Crippen molar-refractivity contribution in [2.24, 2.45) is 0 Å². The van der Waals surface area contributed by atoms with E-state index in [-0.39, 0.29) is 11.1 Å². The molecule has 6 nitrogen and oxygen atoms in total. The van der Waals surface area contributed by atoms with E-state index in [1.165, 1.54) is 12.1 Å². The molecule has 0 saturated heterocycles. The van der Waals surface area contributed by atoms with Gasteiger partial charge in [0.05, 0.1) is 34.1 Å². The minimum atomic E-state index is -0.479. The second kappa shape index (κ2) is 7.09. The molecule has 0 atom stereocenters. The van der Waals surface area contributed by atoms with Gasteiger partial charge < -0.3 is 9.73 Å². The van der Waals surface area contributed by atoms with Crippen molar-refractivity contribution < 1.29 is 13.6 Å². The third-order valence-corrected chi connectivity index (χ3v) is 4.57. The molecule has 1 aromatic carbocycles. The van der Waals surface area contributed by atoms with Crippen molar-refractivity contribution in [1.29, 1.82) is 0 Å². The van der Waals surface area contributed by atoms with Crippen molar-refractivity contribution in [2.75, 3.05) is 5.32 Å². The highest BCUT2D eigenvalue weighted by Gasteiger charge is 2.20. The first-order chi connectivity index (χ1) is 13.4. The van der Waals surface area contributed by atoms with Gasteiger partial charge in [-0.25, -0.2) is 14.1 Å². The fourth-order valence-electron chi connectivity index (χ4n) is 2.91. The van der Waals surface area contributed by atoms with Crippen molar-refractivity contribution in [1.82, 2.24) is 14.8 Å². The van der Waals surface area contributed by atoms with E-state index in [0.717, 1.165) is 6.07 Å². The van der Waals surface area contributed by atoms with Gasteiger partial charge in [-0.2, -0.15) is 5.10 Å². The Hall–Kier alpha value is -3.19. The van der Waals surface area contributed by atoms with Crippen LogP contribution in [0, 0.1) is 5.82 Å². The van der Waals surface area contributed by atoms with Crippen LogP contribution in [0.4, 0.5) is 10.1 Å². The summed E-state index contributed by atoms with van der Waals surface area (Å²) in [6.07, 6.45) is 3.15. The molecule has 4 aromatic rings. The van der Waals surface area contributed by atoms with Crippen LogP contribution in [0.5, 0.6) is 0 Å². The number of anilines is 1. The molecule has 0 aliphatic rings. The Kier molecular flexibility index (Phi) is 4.60. The van der Waals surface area contributed by atoms with Crippen molar-refractivity contribution in [2.45, 2.75) is 19.9 Å². The summed E-state index contributed by atoms with van der Waals surface area (Å²) >= 11 is 6.04. The number of nitrogens with one attached hydrogen (secondary N) is 1. The number of carbonyl (C=O) groups excluding carboxylic acids is 1. The van der Waals surface area contributed by atoms with Gasteiger partial charge in [0, 0.05) is 6.04 Å². The van der Waals surface area contributed by atoms with E-state index in [2.05, 4.69) is 15.4 Å². The average molecular weight is 399 g/mol. The van der Waals surface area contributed by atoms with Crippen LogP contribution in [0.25, 0.3) is 22.5 Å². The predicted molar refractivity (Wildman–Crippen MR) is 105 cm³/mol. The number of carbonyl (C=O) groups is 1. The monoisotopic (exact) mass is 398 g/mol. The van der Waals surface area contributed by atoms with Gasteiger partial charge in [0.1, 0.15) is 11.5 Å². The highest BCUT2D eigenvalue weighted by atomic mass is 35.5. The summed E-state index contributed by atoms with van der Waals surface area (Å²) < 4.78 is 20.5. The lowest BCUT2D eigenvalue weighted by molar-refractivity contribution is 0.102. The minimum Gasteiger partial charge on any atom is -0.463 e. The number of fused-ring (bicyclic) bond motifs is 1. The number of halogens is 2. The zero-order valence-electron chi connectivity index (χ0n) is 15.1. The summed E-state index contributed by atoms with van der Waals surface area (Å²) in [5.41, 5.74) is 1.76. The Morgan fingerprint density at radius 2 is 2.11 bits per heavy atom. The Bertz CT molecular complexity index is 1170. The molecular formula is C20H16ClFN4O2. The van der Waals surface area contributed by atoms with Gasteiger partial charge in [-0.15, -0.1) is 0 Å². The molecule has 0 unspecified atom stereocenters. The number of amides is 1. The summed E-state index contributed by atoms with van der Waals surface area (Å²) in [6, 6.07) is 9.00. The number of hydrogen-bond donors (Lipinski definition) is 1. The summed E-state index contributed by atoms with van der Waals surface area (Å²) in [4.78, 5) is 17.6. The van der Waals surface area contributed by atoms with Crippen LogP contribution in [0.1, 0.15) is 30.2 Å². The SMILES string of the molecule is CC(C)n1ncc2c(C(=O)Nc3ccc(F)cc3Cl)cc(-c3ccco3)nc21. The minimum absolute atomic E-state index is 0.0549. The van der Waals surface area contributed by atoms with Gasteiger partial charge in [0.25, 0.3) is 5.91 Å². The maximum Gasteiger partial charge on any atom is 0.256 e. The predicted octanol–water partition coefficient (Wildman–Crippen LogP) is 5.32. The Morgan fingerprint density at radius 3 is 2.79 bits per heavy atom. The molecule has 142 valence electrons. The van der Waals surface area contributed by atoms with Gasteiger partial charge in [0.15, 0.2) is 11.4 Å². The number of benzene rings is 1. The van der Waals surface area contributed by atoms with Gasteiger partial charge in [-0.1, -0.05) is 11.6 Å². The summed E-state index contributed by atoms with van der Waals surface area (Å²) in [7, 11) is 0. The Balaban J connectivity index is 1.83. The van der Waals surface area contributed by atoms with E-state index >= 15 is 0 Å². The van der Waals surface area contributed by atoms with Gasteiger partial charge >= 0.3 is 0 Å². The van der Waals surface area contributed by atoms with Crippen molar-refractivity contribution >= 4 is 34.2 Å². The van der Waals surface area contributed by atoms with E-state index in [9.17, 15) is 9.18 Å². The third-order valence-electron chi connectivity index (χ3n) is 4.25. The van der Waals surface area contributed by atoms with Crippen molar-refractivity contribution in [3.63, 3.8) is 0 Å². The van der Waals surface area contributed by atoms with E-state index in [1.807, 2.05) is 13.8 Å². The molecule has 0 aliphatic heterocycles. The first-order valence-corrected chi connectivity index (χ1v) is 9.00. The maximum absolute atomic E-state index is 13.3. The number of furan rings is 1. The molecule has 0 fully saturated rings. The number of hydrogen-bond acceptors (Lipinski definition) is 4. The zero-order chi connectivity index (χ0) is 19.8. The Morgan fingerprint density at radius 1 is 1.29 bits per heavy atom. The second-order valence-electron chi connectivity index (χ2n) is 6.53. The van der Waals surface area contributed by atoms with Crippen LogP contribution in [0.3, 0.4) is 0 Å². The summed E-state index contributed by atoms with van der Waals surface area (Å²) in [5.74, 6) is -0.350. The van der Waals surface area contributed by atoms with E-state index in [1.54, 1.807) is 35.3 Å². The quantitative estimate of drug-likeness (QED) is 0.505. The first-order valence-electron chi connectivity index (χ1n) is 8.62. The molecular weight excluding hydrogens is 383 g/mol. The molecule has 1 amide bonds. The largest absolute Gasteiger partial charge is 0.463 e. The van der Waals surface area contributed by atoms with Crippen molar-refractivity contribution in [3.8, 4) is 11.5 Å². The topological polar surface area (TPSA) is 73.0 Å². The zero-order valence-corrected chi connectivity index (χ0v) is 15.9. The van der Waals surface area contributed by atoms with Crippen LogP contribution < -0.4 is 5.32 Å². The summed E-state index contributed by atoms with van der Waals surface area (Å²) in [6.45, 7) is 3.96. The van der Waals surface area contributed by atoms with Crippen LogP contribution in [0.2, 0.25) is 5.02 Å². The number of aromatic nitrogens is 3. The standard InChI is InChI=1S/C20H16ClFN4O2/c1-11(2)26-19-14(10-23-26)13(9-17(24-19)18-4-3-7-28-18)20(27)25-16-6-5-12(22)8-15(16)21/h3-11H,1-2H3,(H,25,27). The van der Waals surface area contributed by atoms with Crippen molar-refractivity contribution in [3.05, 3.63) is 65.3 Å². The van der Waals surface area contributed by atoms with E-state index < -0.39 is 11.7 Å². The van der Waals surface area contributed by atoms with Crippen LogP contribution >= 0.6 is 11.6 Å². The fraction of sp³-hybridized carbons (Fsp3) is 0.150. The lowest BCUT2D eigenvalue weighted by Crippen LogP contribution is -2.14. The smallest absolute Gasteiger partial charge is 0.256 e. The summed E-state index contributed by atoms with van der Waals surface area (Å²) in [5, 5.41) is 7.80. The number of pyridine rings is 1.